The molecule has 1 fully saturated rings. The van der Waals surface area contributed by atoms with E-state index in [-0.39, 0.29) is 30.7 Å². The molecule has 1 N–H and O–H groups in total. The number of aromatic nitrogens is 1. The Bertz CT molecular complexity index is 450. The fourth-order valence-corrected chi connectivity index (χ4v) is 3.62. The van der Waals surface area contributed by atoms with Crippen LogP contribution in [0.1, 0.15) is 36.8 Å². The third kappa shape index (κ3) is 6.03. The molecule has 1 atom stereocenters. The maximum Gasteiger partial charge on any atom is 0.222 e. The van der Waals surface area contributed by atoms with Gasteiger partial charge in [0.2, 0.25) is 5.91 Å². The molecule has 0 saturated carbocycles. The highest BCUT2D eigenvalue weighted by Gasteiger charge is 2.23. The molecule has 2 heterocycles. The van der Waals surface area contributed by atoms with Crippen molar-refractivity contribution in [3.8, 4) is 0 Å². The average Bonchev–Trinajstić information content (AvgIpc) is 2.85. The number of amides is 1. The number of hydrogen-bond acceptors (Lipinski definition) is 4. The number of rotatable bonds is 5. The van der Waals surface area contributed by atoms with Gasteiger partial charge in [0.25, 0.3) is 0 Å². The zero-order valence-electron chi connectivity index (χ0n) is 13.5. The second-order valence-corrected chi connectivity index (χ2v) is 6.82. The van der Waals surface area contributed by atoms with Crippen molar-refractivity contribution in [3.05, 3.63) is 16.1 Å². The van der Waals surface area contributed by atoms with Gasteiger partial charge >= 0.3 is 0 Å². The van der Waals surface area contributed by atoms with Gasteiger partial charge in [-0.1, -0.05) is 6.92 Å². The van der Waals surface area contributed by atoms with Gasteiger partial charge in [0.1, 0.15) is 0 Å². The van der Waals surface area contributed by atoms with Gasteiger partial charge in [-0.2, -0.15) is 0 Å². The lowest BCUT2D eigenvalue weighted by Crippen LogP contribution is -2.34. The lowest BCUT2D eigenvalue weighted by molar-refractivity contribution is -0.131. The van der Waals surface area contributed by atoms with Crippen LogP contribution in [0.5, 0.6) is 0 Å². The van der Waals surface area contributed by atoms with Gasteiger partial charge < -0.3 is 10.2 Å². The van der Waals surface area contributed by atoms with E-state index < -0.39 is 0 Å². The predicted molar refractivity (Wildman–Crippen MR) is 97.2 cm³/mol. The topological polar surface area (TPSA) is 45.2 Å². The van der Waals surface area contributed by atoms with Crippen LogP contribution in [0.3, 0.4) is 0 Å². The van der Waals surface area contributed by atoms with Gasteiger partial charge in [-0.25, -0.2) is 4.98 Å². The molecule has 0 spiro atoms. The van der Waals surface area contributed by atoms with E-state index in [4.69, 9.17) is 0 Å². The highest BCUT2D eigenvalue weighted by Crippen LogP contribution is 2.25. The molecular weight excluding hydrogens is 341 g/mol. The van der Waals surface area contributed by atoms with E-state index in [0.717, 1.165) is 18.8 Å². The van der Waals surface area contributed by atoms with Crippen LogP contribution in [0.25, 0.3) is 0 Å². The van der Waals surface area contributed by atoms with E-state index >= 15 is 0 Å². The minimum Gasteiger partial charge on any atom is -0.341 e. The summed E-state index contributed by atoms with van der Waals surface area (Å²) in [5.74, 6) is 1.43. The van der Waals surface area contributed by atoms with E-state index in [1.54, 1.807) is 11.3 Å². The minimum absolute atomic E-state index is 0. The molecule has 1 aliphatic heterocycles. The smallest absolute Gasteiger partial charge is 0.222 e. The van der Waals surface area contributed by atoms with Crippen molar-refractivity contribution in [2.24, 2.45) is 11.8 Å². The van der Waals surface area contributed by atoms with E-state index in [0.29, 0.717) is 24.8 Å². The fraction of sp³-hybridized carbons (Fsp3) is 0.733. The molecule has 4 nitrogen and oxygen atoms in total. The van der Waals surface area contributed by atoms with Gasteiger partial charge in [0, 0.05) is 18.3 Å². The number of carbonyl (C=O) groups is 1. The van der Waals surface area contributed by atoms with Gasteiger partial charge in [-0.3, -0.25) is 4.79 Å². The summed E-state index contributed by atoms with van der Waals surface area (Å²) in [7, 11) is 1.90. The van der Waals surface area contributed by atoms with Gasteiger partial charge in [-0.05, 0) is 44.7 Å². The van der Waals surface area contributed by atoms with Crippen LogP contribution in [-0.4, -0.2) is 35.9 Å². The number of halogens is 2. The molecule has 1 aromatic rings. The predicted octanol–water partition coefficient (Wildman–Crippen LogP) is 3.28. The van der Waals surface area contributed by atoms with Crippen LogP contribution in [-0.2, 0) is 11.3 Å². The normalized spacial score (nSPS) is 16.3. The maximum atomic E-state index is 12.3. The van der Waals surface area contributed by atoms with E-state index in [1.807, 2.05) is 24.4 Å². The lowest BCUT2D eigenvalue weighted by Gasteiger charge is -2.29. The molecule has 1 saturated heterocycles. The molecule has 0 bridgehead atoms. The first-order valence-electron chi connectivity index (χ1n) is 7.41. The molecule has 1 unspecified atom stereocenters. The van der Waals surface area contributed by atoms with Crippen molar-refractivity contribution >= 4 is 42.1 Å². The number of hydrogen-bond donors (Lipinski definition) is 1. The van der Waals surface area contributed by atoms with Crippen LogP contribution >= 0.6 is 36.2 Å². The Morgan fingerprint density at radius 1 is 1.45 bits per heavy atom. The van der Waals surface area contributed by atoms with Crippen molar-refractivity contribution < 1.29 is 4.79 Å². The number of carbonyl (C=O) groups excluding carboxylic acids is 1. The summed E-state index contributed by atoms with van der Waals surface area (Å²) < 4.78 is 0. The Labute approximate surface area is 149 Å². The monoisotopic (exact) mass is 367 g/mol. The first-order chi connectivity index (χ1) is 9.58. The third-order valence-electron chi connectivity index (χ3n) is 4.34. The molecule has 128 valence electrons. The summed E-state index contributed by atoms with van der Waals surface area (Å²) in [4.78, 5) is 19.6. The summed E-state index contributed by atoms with van der Waals surface area (Å²) in [5, 5.41) is 3.38. The zero-order valence-corrected chi connectivity index (χ0v) is 16.0. The number of aryl methyl sites for hydroxylation is 1. The van der Waals surface area contributed by atoms with Crippen LogP contribution in [0.2, 0.25) is 0 Å². The summed E-state index contributed by atoms with van der Waals surface area (Å²) in [6.45, 7) is 7.11. The molecular formula is C15H27Cl2N3OS. The average molecular weight is 368 g/mol. The second-order valence-electron chi connectivity index (χ2n) is 5.88. The van der Waals surface area contributed by atoms with Crippen molar-refractivity contribution in [1.29, 1.82) is 0 Å². The minimum atomic E-state index is 0. The van der Waals surface area contributed by atoms with E-state index in [2.05, 4.69) is 17.2 Å². The van der Waals surface area contributed by atoms with Gasteiger partial charge in [0.15, 0.2) is 0 Å². The molecule has 7 heteroatoms. The maximum absolute atomic E-state index is 12.3. The van der Waals surface area contributed by atoms with Crippen LogP contribution in [0, 0.1) is 18.8 Å². The quantitative estimate of drug-likeness (QED) is 0.868. The summed E-state index contributed by atoms with van der Waals surface area (Å²) >= 11 is 1.63. The van der Waals surface area contributed by atoms with Crippen LogP contribution < -0.4 is 5.32 Å². The zero-order chi connectivity index (χ0) is 14.5. The van der Waals surface area contributed by atoms with Crippen molar-refractivity contribution in [3.63, 3.8) is 0 Å². The molecule has 2 rings (SSSR count). The Kier molecular flexibility index (Phi) is 10.3. The molecule has 0 radical (unpaired) electrons. The van der Waals surface area contributed by atoms with Crippen molar-refractivity contribution in [2.45, 2.75) is 39.7 Å². The molecule has 22 heavy (non-hydrogen) atoms. The van der Waals surface area contributed by atoms with Crippen LogP contribution in [0.15, 0.2) is 5.51 Å². The first-order valence-corrected chi connectivity index (χ1v) is 8.29. The largest absolute Gasteiger partial charge is 0.341 e. The SMILES string of the molecule is Cc1ncsc1CN(C)C(=O)CC(C)C1CCNCC1.Cl.Cl. The molecule has 1 aromatic heterocycles. The Balaban J connectivity index is 0.00000220. The summed E-state index contributed by atoms with van der Waals surface area (Å²) in [6, 6.07) is 0. The first kappa shape index (κ1) is 21.6. The highest BCUT2D eigenvalue weighted by atomic mass is 35.5. The highest BCUT2D eigenvalue weighted by molar-refractivity contribution is 7.09. The second kappa shape index (κ2) is 10.4. The molecule has 0 aromatic carbocycles. The third-order valence-corrected chi connectivity index (χ3v) is 5.26. The number of nitrogens with one attached hydrogen (secondary N) is 1. The van der Waals surface area contributed by atoms with Crippen molar-refractivity contribution in [1.82, 2.24) is 15.2 Å². The van der Waals surface area contributed by atoms with Crippen LogP contribution in [0.4, 0.5) is 0 Å². The summed E-state index contributed by atoms with van der Waals surface area (Å²) in [6.07, 6.45) is 3.07. The van der Waals surface area contributed by atoms with E-state index in [1.165, 1.54) is 17.7 Å². The Morgan fingerprint density at radius 2 is 2.09 bits per heavy atom. The number of thiazole rings is 1. The lowest BCUT2D eigenvalue weighted by atomic mass is 9.84. The number of nitrogens with zero attached hydrogens (tertiary/aromatic N) is 2. The van der Waals surface area contributed by atoms with Crippen molar-refractivity contribution in [2.75, 3.05) is 20.1 Å². The van der Waals surface area contributed by atoms with Gasteiger partial charge in [-0.15, -0.1) is 36.2 Å². The molecule has 1 aliphatic rings. The number of piperidine rings is 1. The standard InChI is InChI=1S/C15H25N3OS.2ClH/c1-11(13-4-6-16-7-5-13)8-15(19)18(3)9-14-12(2)17-10-20-14;;/h10-11,13,16H,4-9H2,1-3H3;2*1H. The Morgan fingerprint density at radius 3 is 2.64 bits per heavy atom. The molecule has 0 aliphatic carbocycles. The summed E-state index contributed by atoms with van der Waals surface area (Å²) in [5.41, 5.74) is 2.89. The fourth-order valence-electron chi connectivity index (χ4n) is 2.79. The van der Waals surface area contributed by atoms with E-state index in [9.17, 15) is 4.79 Å². The molecule has 1 amide bonds. The van der Waals surface area contributed by atoms with Gasteiger partial charge in [0.05, 0.1) is 17.7 Å². The Hall–Kier alpha value is -0.360.